The minimum Gasteiger partial charge on any atom is -0.495 e. The topological polar surface area (TPSA) is 76.1 Å². The van der Waals surface area contributed by atoms with E-state index < -0.39 is 5.91 Å². The van der Waals surface area contributed by atoms with Crippen molar-refractivity contribution < 1.29 is 9.53 Å². The lowest BCUT2D eigenvalue weighted by molar-refractivity contribution is 0.101. The Morgan fingerprint density at radius 3 is 2.40 bits per heavy atom. The number of aryl methyl sites for hydroxylation is 2. The van der Waals surface area contributed by atoms with Crippen LogP contribution >= 0.6 is 0 Å². The van der Waals surface area contributed by atoms with Crippen LogP contribution in [0.5, 0.6) is 5.75 Å². The molecule has 2 N–H and O–H groups in total. The van der Waals surface area contributed by atoms with Gasteiger partial charge in [0.25, 0.3) is 5.91 Å². The van der Waals surface area contributed by atoms with Crippen LogP contribution in [0.25, 0.3) is 10.9 Å². The van der Waals surface area contributed by atoms with Crippen LogP contribution in [0.3, 0.4) is 0 Å². The molecule has 0 aliphatic carbocycles. The molecule has 0 radical (unpaired) electrons. The standard InChI is InChI=1S/C24H22N4O2/c1-15-8-11-17(12-9-15)25-22-18-6-4-5-7-19(18)26-23(28-22)24(29)27-20-14-16(2)10-13-21(20)30-3/h4-14H,1-3H3,(H,27,29)(H,25,26,28). The lowest BCUT2D eigenvalue weighted by atomic mass is 10.2. The zero-order valence-electron chi connectivity index (χ0n) is 17.1. The maximum atomic E-state index is 13.0. The van der Waals surface area contributed by atoms with Gasteiger partial charge in [0, 0.05) is 11.1 Å². The van der Waals surface area contributed by atoms with Crippen molar-refractivity contribution in [1.82, 2.24) is 9.97 Å². The molecule has 4 aromatic rings. The minimum atomic E-state index is -0.406. The number of carbonyl (C=O) groups is 1. The van der Waals surface area contributed by atoms with E-state index >= 15 is 0 Å². The number of para-hydroxylation sites is 1. The van der Waals surface area contributed by atoms with E-state index in [9.17, 15) is 4.79 Å². The molecule has 3 aromatic carbocycles. The Bertz CT molecular complexity index is 1220. The summed E-state index contributed by atoms with van der Waals surface area (Å²) in [5.74, 6) is 0.821. The van der Waals surface area contributed by atoms with Gasteiger partial charge in [0.05, 0.1) is 18.3 Å². The SMILES string of the molecule is COc1ccc(C)cc1NC(=O)c1nc(Nc2ccc(C)cc2)c2ccccc2n1. The van der Waals surface area contributed by atoms with Crippen LogP contribution in [0.4, 0.5) is 17.2 Å². The number of fused-ring (bicyclic) bond motifs is 1. The zero-order valence-corrected chi connectivity index (χ0v) is 17.1. The van der Waals surface area contributed by atoms with E-state index in [2.05, 4.69) is 20.6 Å². The van der Waals surface area contributed by atoms with Gasteiger partial charge in [-0.15, -0.1) is 0 Å². The molecule has 0 atom stereocenters. The van der Waals surface area contributed by atoms with Crippen LogP contribution in [0, 0.1) is 13.8 Å². The molecule has 30 heavy (non-hydrogen) atoms. The van der Waals surface area contributed by atoms with Crippen molar-refractivity contribution in [1.29, 1.82) is 0 Å². The number of methoxy groups -OCH3 is 1. The van der Waals surface area contributed by atoms with Gasteiger partial charge >= 0.3 is 0 Å². The molecular weight excluding hydrogens is 376 g/mol. The molecule has 0 bridgehead atoms. The Kier molecular flexibility index (Phi) is 5.30. The van der Waals surface area contributed by atoms with Gasteiger partial charge in [-0.1, -0.05) is 35.9 Å². The number of anilines is 3. The Balaban J connectivity index is 1.71. The molecule has 0 saturated heterocycles. The van der Waals surface area contributed by atoms with Crippen molar-refractivity contribution in [3.8, 4) is 5.75 Å². The van der Waals surface area contributed by atoms with Gasteiger partial charge in [0.15, 0.2) is 0 Å². The van der Waals surface area contributed by atoms with Crippen molar-refractivity contribution in [3.05, 3.63) is 83.7 Å². The summed E-state index contributed by atoms with van der Waals surface area (Å²) >= 11 is 0. The van der Waals surface area contributed by atoms with Gasteiger partial charge in [-0.3, -0.25) is 4.79 Å². The zero-order chi connectivity index (χ0) is 21.1. The molecule has 4 rings (SSSR count). The second-order valence-electron chi connectivity index (χ2n) is 7.06. The number of nitrogens with zero attached hydrogens (tertiary/aromatic N) is 2. The predicted octanol–water partition coefficient (Wildman–Crippen LogP) is 5.25. The quantitative estimate of drug-likeness (QED) is 0.480. The van der Waals surface area contributed by atoms with Gasteiger partial charge in [-0.2, -0.15) is 0 Å². The number of carbonyl (C=O) groups excluding carboxylic acids is 1. The van der Waals surface area contributed by atoms with Crippen LogP contribution < -0.4 is 15.4 Å². The maximum Gasteiger partial charge on any atom is 0.293 e. The maximum absolute atomic E-state index is 13.0. The van der Waals surface area contributed by atoms with Crippen molar-refractivity contribution in [3.63, 3.8) is 0 Å². The van der Waals surface area contributed by atoms with E-state index in [0.29, 0.717) is 22.8 Å². The van der Waals surface area contributed by atoms with E-state index in [-0.39, 0.29) is 5.82 Å². The number of hydrogen-bond acceptors (Lipinski definition) is 5. The summed E-state index contributed by atoms with van der Waals surface area (Å²) in [6.45, 7) is 3.98. The third-order valence-corrected chi connectivity index (χ3v) is 4.72. The normalized spacial score (nSPS) is 10.6. The summed E-state index contributed by atoms with van der Waals surface area (Å²) in [5, 5.41) is 7.01. The third kappa shape index (κ3) is 4.07. The molecule has 1 heterocycles. The number of ether oxygens (including phenoxy) is 1. The Hall–Kier alpha value is -3.93. The van der Waals surface area contributed by atoms with E-state index in [0.717, 1.165) is 16.6 Å². The van der Waals surface area contributed by atoms with E-state index in [1.807, 2.05) is 80.6 Å². The van der Waals surface area contributed by atoms with Crippen molar-refractivity contribution in [2.75, 3.05) is 17.7 Å². The first-order chi connectivity index (χ1) is 14.5. The molecule has 6 nitrogen and oxygen atoms in total. The summed E-state index contributed by atoms with van der Waals surface area (Å²) in [6.07, 6.45) is 0. The average Bonchev–Trinajstić information content (AvgIpc) is 2.75. The first kappa shape index (κ1) is 19.4. The van der Waals surface area contributed by atoms with Gasteiger partial charge in [-0.25, -0.2) is 9.97 Å². The van der Waals surface area contributed by atoms with Gasteiger partial charge in [0.2, 0.25) is 5.82 Å². The molecule has 1 amide bonds. The number of hydrogen-bond donors (Lipinski definition) is 2. The second kappa shape index (κ2) is 8.21. The van der Waals surface area contributed by atoms with Crippen LogP contribution in [-0.2, 0) is 0 Å². The van der Waals surface area contributed by atoms with Gasteiger partial charge in [0.1, 0.15) is 11.6 Å². The van der Waals surface area contributed by atoms with E-state index in [1.165, 1.54) is 5.56 Å². The first-order valence-electron chi connectivity index (χ1n) is 9.60. The Morgan fingerprint density at radius 2 is 1.63 bits per heavy atom. The smallest absolute Gasteiger partial charge is 0.293 e. The summed E-state index contributed by atoms with van der Waals surface area (Å²) in [6, 6.07) is 21.2. The van der Waals surface area contributed by atoms with Gasteiger partial charge in [-0.05, 0) is 55.8 Å². The molecule has 0 unspecified atom stereocenters. The molecule has 0 spiro atoms. The van der Waals surface area contributed by atoms with E-state index in [1.54, 1.807) is 7.11 Å². The summed E-state index contributed by atoms with van der Waals surface area (Å²) in [7, 11) is 1.57. The first-order valence-corrected chi connectivity index (χ1v) is 9.60. The fourth-order valence-electron chi connectivity index (χ4n) is 3.14. The molecule has 0 aliphatic rings. The number of aromatic nitrogens is 2. The molecule has 0 fully saturated rings. The predicted molar refractivity (Wildman–Crippen MR) is 120 cm³/mol. The fraction of sp³-hybridized carbons (Fsp3) is 0.125. The van der Waals surface area contributed by atoms with E-state index in [4.69, 9.17) is 4.74 Å². The molecule has 150 valence electrons. The Morgan fingerprint density at radius 1 is 0.900 bits per heavy atom. The van der Waals surface area contributed by atoms with Crippen molar-refractivity contribution in [2.24, 2.45) is 0 Å². The Labute approximate surface area is 175 Å². The highest BCUT2D eigenvalue weighted by molar-refractivity contribution is 6.04. The highest BCUT2D eigenvalue weighted by atomic mass is 16.5. The largest absolute Gasteiger partial charge is 0.495 e. The molecule has 6 heteroatoms. The molecule has 0 aliphatic heterocycles. The fourth-order valence-corrected chi connectivity index (χ4v) is 3.14. The lowest BCUT2D eigenvalue weighted by Gasteiger charge is -2.13. The third-order valence-electron chi connectivity index (χ3n) is 4.72. The van der Waals surface area contributed by atoms with Crippen LogP contribution in [0.15, 0.2) is 66.7 Å². The molecule has 1 aromatic heterocycles. The number of benzene rings is 3. The van der Waals surface area contributed by atoms with Crippen LogP contribution in [0.2, 0.25) is 0 Å². The summed E-state index contributed by atoms with van der Waals surface area (Å²) in [5.41, 5.74) is 4.32. The number of amides is 1. The second-order valence-corrected chi connectivity index (χ2v) is 7.06. The average molecular weight is 398 g/mol. The molecule has 0 saturated carbocycles. The van der Waals surface area contributed by atoms with Crippen LogP contribution in [-0.4, -0.2) is 23.0 Å². The van der Waals surface area contributed by atoms with Crippen molar-refractivity contribution in [2.45, 2.75) is 13.8 Å². The highest BCUT2D eigenvalue weighted by Crippen LogP contribution is 2.27. The lowest BCUT2D eigenvalue weighted by Crippen LogP contribution is -2.17. The minimum absolute atomic E-state index is 0.0758. The number of rotatable bonds is 5. The molecular formula is C24H22N4O2. The monoisotopic (exact) mass is 398 g/mol. The van der Waals surface area contributed by atoms with Gasteiger partial charge < -0.3 is 15.4 Å². The summed E-state index contributed by atoms with van der Waals surface area (Å²) < 4.78 is 5.35. The van der Waals surface area contributed by atoms with Crippen molar-refractivity contribution >= 4 is 34.0 Å². The number of nitrogens with one attached hydrogen (secondary N) is 2. The highest BCUT2D eigenvalue weighted by Gasteiger charge is 2.16. The van der Waals surface area contributed by atoms with Crippen LogP contribution in [0.1, 0.15) is 21.7 Å². The summed E-state index contributed by atoms with van der Waals surface area (Å²) in [4.78, 5) is 21.9.